The van der Waals surface area contributed by atoms with Crippen LogP contribution in [0.2, 0.25) is 0 Å². The van der Waals surface area contributed by atoms with Crippen LogP contribution in [0.4, 0.5) is 4.79 Å². The Morgan fingerprint density at radius 3 is 2.95 bits per heavy atom. The first-order valence-electron chi connectivity index (χ1n) is 6.77. The summed E-state index contributed by atoms with van der Waals surface area (Å²) in [5.41, 5.74) is -0.468. The highest BCUT2D eigenvalue weighted by Crippen LogP contribution is 2.41. The van der Waals surface area contributed by atoms with Crippen molar-refractivity contribution >= 4 is 12.1 Å². The molecule has 2 N–H and O–H groups in total. The molecule has 0 aliphatic heterocycles. The van der Waals surface area contributed by atoms with Gasteiger partial charge in [-0.05, 0) is 51.4 Å². The van der Waals surface area contributed by atoms with E-state index in [0.29, 0.717) is 5.92 Å². The zero-order valence-electron chi connectivity index (χ0n) is 11.5. The zero-order chi connectivity index (χ0) is 14.3. The molecule has 0 spiro atoms. The van der Waals surface area contributed by atoms with E-state index in [-0.39, 0.29) is 0 Å². The predicted molar refractivity (Wildman–Crippen MR) is 71.9 cm³/mol. The molecule has 0 unspecified atom stereocenters. The number of amides is 1. The highest BCUT2D eigenvalue weighted by molar-refractivity contribution is 5.76. The van der Waals surface area contributed by atoms with Crippen LogP contribution in [0.5, 0.6) is 0 Å². The van der Waals surface area contributed by atoms with E-state index < -0.39 is 24.2 Å². The summed E-state index contributed by atoms with van der Waals surface area (Å²) in [5, 5.41) is 10.7. The van der Waals surface area contributed by atoms with Crippen LogP contribution in [0, 0.1) is 5.92 Å². The molecule has 5 nitrogen and oxygen atoms in total. The fourth-order valence-corrected chi connectivity index (χ4v) is 2.70. The number of ether oxygens (including phenoxy) is 1. The Hall–Kier alpha value is -1.52. The maximum absolute atomic E-state index is 11.6. The lowest BCUT2D eigenvalue weighted by Gasteiger charge is -2.31. The van der Waals surface area contributed by atoms with Crippen LogP contribution in [0.1, 0.15) is 45.4 Å². The minimum atomic E-state index is -1.07. The molecule has 1 amide bonds. The average molecular weight is 269 g/mol. The van der Waals surface area contributed by atoms with Crippen LogP contribution in [0.15, 0.2) is 12.7 Å². The van der Waals surface area contributed by atoms with Crippen molar-refractivity contribution in [3.05, 3.63) is 12.7 Å². The maximum Gasteiger partial charge on any atom is 0.408 e. The Labute approximate surface area is 114 Å². The molecule has 1 aliphatic carbocycles. The number of carbonyl (C=O) groups excluding carboxylic acids is 1. The minimum Gasteiger partial charge on any atom is -0.480 e. The SMILES string of the molecule is C=CCCC[C@@H]1CCC[C@@]1(C)OC(=O)NCC(=O)O. The summed E-state index contributed by atoms with van der Waals surface area (Å²) in [4.78, 5) is 22.0. The van der Waals surface area contributed by atoms with Gasteiger partial charge in [0.2, 0.25) is 0 Å². The van der Waals surface area contributed by atoms with Gasteiger partial charge in [0, 0.05) is 0 Å². The second-order valence-electron chi connectivity index (χ2n) is 5.26. The molecule has 0 radical (unpaired) electrons. The molecule has 0 aromatic heterocycles. The number of allylic oxidation sites excluding steroid dienone is 1. The van der Waals surface area contributed by atoms with Gasteiger partial charge in [-0.25, -0.2) is 4.79 Å². The van der Waals surface area contributed by atoms with Gasteiger partial charge < -0.3 is 15.2 Å². The third kappa shape index (κ3) is 4.93. The number of hydrogen-bond donors (Lipinski definition) is 2. The Morgan fingerprint density at radius 1 is 1.58 bits per heavy atom. The average Bonchev–Trinajstić information content (AvgIpc) is 2.68. The standard InChI is InChI=1S/C14H23NO4/c1-3-4-5-7-11-8-6-9-14(11,2)19-13(18)15-10-12(16)17/h3,11H,1,4-10H2,2H3,(H,15,18)(H,16,17)/t11-,14-/m1/s1. The van der Waals surface area contributed by atoms with E-state index in [1.807, 2.05) is 13.0 Å². The number of rotatable bonds is 7. The molecule has 0 bridgehead atoms. The topological polar surface area (TPSA) is 75.6 Å². The molecule has 0 aromatic rings. The van der Waals surface area contributed by atoms with Gasteiger partial charge in [-0.1, -0.05) is 6.08 Å². The van der Waals surface area contributed by atoms with Gasteiger partial charge >= 0.3 is 12.1 Å². The van der Waals surface area contributed by atoms with E-state index in [0.717, 1.165) is 38.5 Å². The van der Waals surface area contributed by atoms with E-state index in [9.17, 15) is 9.59 Å². The van der Waals surface area contributed by atoms with Gasteiger partial charge in [-0.3, -0.25) is 4.79 Å². The lowest BCUT2D eigenvalue weighted by molar-refractivity contribution is -0.136. The fraction of sp³-hybridized carbons (Fsp3) is 0.714. The minimum absolute atomic E-state index is 0.350. The Morgan fingerprint density at radius 2 is 2.32 bits per heavy atom. The molecule has 0 heterocycles. The highest BCUT2D eigenvalue weighted by Gasteiger charge is 2.41. The number of alkyl carbamates (subject to hydrolysis) is 1. The number of aliphatic carboxylic acids is 1. The van der Waals surface area contributed by atoms with Crippen molar-refractivity contribution < 1.29 is 19.4 Å². The smallest absolute Gasteiger partial charge is 0.408 e. The quantitative estimate of drug-likeness (QED) is 0.550. The highest BCUT2D eigenvalue weighted by atomic mass is 16.6. The van der Waals surface area contributed by atoms with Crippen LogP contribution >= 0.6 is 0 Å². The molecule has 1 rings (SSSR count). The second kappa shape index (κ2) is 7.16. The molecule has 1 fully saturated rings. The first kappa shape index (κ1) is 15.5. The van der Waals surface area contributed by atoms with Crippen LogP contribution in [-0.4, -0.2) is 29.3 Å². The number of unbranched alkanes of at least 4 members (excludes halogenated alkanes) is 1. The van der Waals surface area contributed by atoms with E-state index in [4.69, 9.17) is 9.84 Å². The molecule has 1 saturated carbocycles. The Balaban J connectivity index is 2.45. The monoisotopic (exact) mass is 269 g/mol. The van der Waals surface area contributed by atoms with Gasteiger partial charge in [-0.2, -0.15) is 0 Å². The molecule has 108 valence electrons. The van der Waals surface area contributed by atoms with Crippen molar-refractivity contribution in [2.45, 2.75) is 51.0 Å². The van der Waals surface area contributed by atoms with Crippen molar-refractivity contribution in [2.75, 3.05) is 6.54 Å². The molecule has 19 heavy (non-hydrogen) atoms. The van der Waals surface area contributed by atoms with Gasteiger partial charge in [-0.15, -0.1) is 6.58 Å². The summed E-state index contributed by atoms with van der Waals surface area (Å²) in [5.74, 6) is -0.723. The lowest BCUT2D eigenvalue weighted by atomic mass is 9.88. The fourth-order valence-electron chi connectivity index (χ4n) is 2.70. The summed E-state index contributed by atoms with van der Waals surface area (Å²) in [6, 6.07) is 0. The number of carboxylic acid groups (broad SMARTS) is 1. The van der Waals surface area contributed by atoms with Gasteiger partial charge in [0.15, 0.2) is 0 Å². The van der Waals surface area contributed by atoms with Crippen LogP contribution < -0.4 is 5.32 Å². The number of nitrogens with one attached hydrogen (secondary N) is 1. The molecule has 2 atom stereocenters. The van der Waals surface area contributed by atoms with Crippen molar-refractivity contribution in [3.8, 4) is 0 Å². The van der Waals surface area contributed by atoms with Crippen molar-refractivity contribution in [3.63, 3.8) is 0 Å². The van der Waals surface area contributed by atoms with Crippen molar-refractivity contribution in [2.24, 2.45) is 5.92 Å². The van der Waals surface area contributed by atoms with Crippen LogP contribution in [-0.2, 0) is 9.53 Å². The summed E-state index contributed by atoms with van der Waals surface area (Å²) in [6.45, 7) is 5.24. The Bertz CT molecular complexity index is 342. The van der Waals surface area contributed by atoms with E-state index in [1.165, 1.54) is 0 Å². The van der Waals surface area contributed by atoms with Gasteiger partial charge in [0.1, 0.15) is 12.1 Å². The summed E-state index contributed by atoms with van der Waals surface area (Å²) < 4.78 is 5.45. The normalized spacial score (nSPS) is 25.8. The predicted octanol–water partition coefficient (Wildman–Crippen LogP) is 2.71. The van der Waals surface area contributed by atoms with Crippen LogP contribution in [0.25, 0.3) is 0 Å². The van der Waals surface area contributed by atoms with Gasteiger partial charge in [0.05, 0.1) is 0 Å². The third-order valence-corrected chi connectivity index (χ3v) is 3.76. The first-order valence-corrected chi connectivity index (χ1v) is 6.77. The van der Waals surface area contributed by atoms with Crippen molar-refractivity contribution in [1.82, 2.24) is 5.32 Å². The summed E-state index contributed by atoms with van der Waals surface area (Å²) in [6.07, 6.45) is 7.22. The largest absolute Gasteiger partial charge is 0.480 e. The molecule has 5 heteroatoms. The Kier molecular flexibility index (Phi) is 5.86. The molecule has 0 saturated heterocycles. The molecule has 0 aromatic carbocycles. The number of carbonyl (C=O) groups is 2. The maximum atomic E-state index is 11.6. The summed E-state index contributed by atoms with van der Waals surface area (Å²) >= 11 is 0. The van der Waals surface area contributed by atoms with Crippen molar-refractivity contribution in [1.29, 1.82) is 0 Å². The van der Waals surface area contributed by atoms with E-state index in [2.05, 4.69) is 11.9 Å². The molecular formula is C14H23NO4. The molecular weight excluding hydrogens is 246 g/mol. The summed E-state index contributed by atoms with van der Waals surface area (Å²) in [7, 11) is 0. The van der Waals surface area contributed by atoms with E-state index >= 15 is 0 Å². The number of carboxylic acids is 1. The number of hydrogen-bond acceptors (Lipinski definition) is 3. The molecule has 1 aliphatic rings. The van der Waals surface area contributed by atoms with E-state index in [1.54, 1.807) is 0 Å². The third-order valence-electron chi connectivity index (χ3n) is 3.76. The first-order chi connectivity index (χ1) is 8.98. The van der Waals surface area contributed by atoms with Crippen LogP contribution in [0.3, 0.4) is 0 Å². The second-order valence-corrected chi connectivity index (χ2v) is 5.26. The van der Waals surface area contributed by atoms with Gasteiger partial charge in [0.25, 0.3) is 0 Å². The zero-order valence-corrected chi connectivity index (χ0v) is 11.5. The lowest BCUT2D eigenvalue weighted by Crippen LogP contribution is -2.41.